The Kier molecular flexibility index (Phi) is 255. The molecule has 0 bridgehead atoms. The van der Waals surface area contributed by atoms with Crippen LogP contribution in [0.2, 0.25) is 0 Å². The number of hydrogen-bond acceptors (Lipinski definition) is 0. The predicted octanol–water partition coefficient (Wildman–Crippen LogP) is -1.13. The molecule has 0 aliphatic carbocycles. The van der Waals surface area contributed by atoms with Gasteiger partial charge in [-0.05, 0) is 0 Å². The molecule has 0 aliphatic heterocycles. The second kappa shape index (κ2) is 22.7. The van der Waals surface area contributed by atoms with Gasteiger partial charge in [0.2, 0.25) is 0 Å². The first-order valence-corrected chi connectivity index (χ1v) is 0. The minimum Gasteiger partial charge on any atom is -0.153 e. The summed E-state index contributed by atoms with van der Waals surface area (Å²) in [5.74, 6) is 0. The molecule has 0 amide bonds. The Labute approximate surface area is 55.3 Å². The molecule has 0 nitrogen and oxygen atoms in total. The first-order chi connectivity index (χ1) is 0. The Morgan fingerprint density at radius 3 is 1.00 bits per heavy atom. The molecule has 0 fully saturated rings. The van der Waals surface area contributed by atoms with Crippen molar-refractivity contribution in [1.29, 1.82) is 0 Å². The Balaban J connectivity index is 0. The largest absolute Gasteiger partial charge is 0.153 e. The summed E-state index contributed by atoms with van der Waals surface area (Å²) in [6, 6.07) is 0. The van der Waals surface area contributed by atoms with Crippen LogP contribution in [0.1, 0.15) is 0 Å². The minimum atomic E-state index is 0. The van der Waals surface area contributed by atoms with Crippen LogP contribution < -0.4 is 0 Å². The predicted molar refractivity (Wildman–Crippen MR) is 21.0 cm³/mol. The van der Waals surface area contributed by atoms with E-state index < -0.39 is 0 Å². The summed E-state index contributed by atoms with van der Waals surface area (Å²) < 4.78 is 0. The fraction of sp³-hybridized carbons (Fsp3) is 0. The molecule has 0 aromatic carbocycles. The second-order valence-corrected chi connectivity index (χ2v) is 0. The van der Waals surface area contributed by atoms with Crippen molar-refractivity contribution >= 4 is 18.3 Å². The van der Waals surface area contributed by atoms with Gasteiger partial charge < -0.3 is 0 Å². The summed E-state index contributed by atoms with van der Waals surface area (Å²) in [4.78, 5) is 0. The maximum absolute atomic E-state index is 0. The third-order valence-electron chi connectivity index (χ3n) is 0. The molecule has 0 saturated heterocycles. The summed E-state index contributed by atoms with van der Waals surface area (Å²) in [7, 11) is 0. The van der Waals surface area contributed by atoms with E-state index in [0.717, 1.165) is 0 Å². The summed E-state index contributed by atoms with van der Waals surface area (Å²) >= 11 is 0. The van der Waals surface area contributed by atoms with E-state index in [1.54, 1.807) is 0 Å². The van der Waals surface area contributed by atoms with Gasteiger partial charge in [0.05, 0.1) is 8.41 Å². The van der Waals surface area contributed by atoms with Gasteiger partial charge in [-0.1, -0.05) is 0 Å². The monoisotopic (exact) mass is 293 g/mol. The van der Waals surface area contributed by atoms with Crippen LogP contribution in [0.4, 0.5) is 0 Å². The quantitative estimate of drug-likeness (QED) is 0.392. The first-order valence-electron chi connectivity index (χ1n) is 0. The third-order valence-corrected chi connectivity index (χ3v) is 0. The maximum atomic E-state index is 0. The Hall–Kier alpha value is 1.65. The summed E-state index contributed by atoms with van der Waals surface area (Å²) in [5, 5.41) is 0. The smallest absolute Gasteiger partial charge is 0.0814 e. The minimum absolute atomic E-state index is 0. The van der Waals surface area contributed by atoms with Gasteiger partial charge in [-0.3, -0.25) is 0 Å². The van der Waals surface area contributed by atoms with Crippen molar-refractivity contribution in [2.75, 3.05) is 0 Å². The SMILES string of the molecule is B.P.[Ni].[Re]. The van der Waals surface area contributed by atoms with Crippen molar-refractivity contribution in [2.24, 2.45) is 0 Å². The van der Waals surface area contributed by atoms with Gasteiger partial charge in [-0.2, -0.15) is 9.90 Å². The van der Waals surface area contributed by atoms with E-state index in [-0.39, 0.29) is 55.2 Å². The van der Waals surface area contributed by atoms with Crippen molar-refractivity contribution in [1.82, 2.24) is 0 Å². The van der Waals surface area contributed by atoms with E-state index in [4.69, 9.17) is 0 Å². The molecule has 0 spiro atoms. The van der Waals surface area contributed by atoms with E-state index in [2.05, 4.69) is 0 Å². The Morgan fingerprint density at radius 1 is 1.00 bits per heavy atom. The molecule has 0 N–H and O–H groups in total. The average molecular weight is 293 g/mol. The molecule has 1 unspecified atom stereocenters. The molecule has 0 aromatic heterocycles. The molecule has 0 aromatic rings. The molecule has 0 saturated carbocycles. The molecule has 0 aliphatic rings. The maximum Gasteiger partial charge on any atom is 0.0814 e. The standard InChI is InChI=1S/BH3.Ni.H3P.Re/h1H3;;1H3;. The summed E-state index contributed by atoms with van der Waals surface area (Å²) in [5.41, 5.74) is 0. The van der Waals surface area contributed by atoms with E-state index in [9.17, 15) is 0 Å². The van der Waals surface area contributed by atoms with Crippen LogP contribution in [0.25, 0.3) is 0 Å². The third kappa shape index (κ3) is 9.41. The zero-order chi connectivity index (χ0) is 0. The van der Waals surface area contributed by atoms with Gasteiger partial charge in [-0.15, -0.1) is 0 Å². The van der Waals surface area contributed by atoms with Crippen molar-refractivity contribution in [2.45, 2.75) is 0 Å². The van der Waals surface area contributed by atoms with Crippen LogP contribution in [0, 0.1) is 0 Å². The van der Waals surface area contributed by atoms with Crippen molar-refractivity contribution in [3.63, 3.8) is 0 Å². The molecule has 0 rings (SSSR count). The van der Waals surface area contributed by atoms with Crippen LogP contribution in [0.3, 0.4) is 0 Å². The van der Waals surface area contributed by atoms with Crippen LogP contribution in [0.15, 0.2) is 0 Å². The van der Waals surface area contributed by atoms with Gasteiger partial charge in [0, 0.05) is 36.9 Å². The summed E-state index contributed by atoms with van der Waals surface area (Å²) in [6.45, 7) is 0. The normalized spacial score (nSPS) is 0. The van der Waals surface area contributed by atoms with Crippen LogP contribution in [-0.4, -0.2) is 8.41 Å². The molecule has 31 valence electrons. The molecular formula is H6BNiPRe. The molecule has 1 atom stereocenters. The Bertz CT molecular complexity index is 8.00. The zero-order valence-corrected chi connectivity index (χ0v) is 6.52. The van der Waals surface area contributed by atoms with Crippen LogP contribution in [0.5, 0.6) is 0 Å². The zero-order valence-electron chi connectivity index (χ0n) is 1.40. The van der Waals surface area contributed by atoms with Crippen molar-refractivity contribution in [3.05, 3.63) is 0 Å². The first kappa shape index (κ1) is 44.9. The van der Waals surface area contributed by atoms with Crippen LogP contribution >= 0.6 is 9.90 Å². The fourth-order valence-corrected chi connectivity index (χ4v) is 0. The molecule has 1 radical (unpaired) electrons. The molecule has 0 heterocycles. The van der Waals surface area contributed by atoms with Gasteiger partial charge in [0.15, 0.2) is 0 Å². The summed E-state index contributed by atoms with van der Waals surface area (Å²) in [6.07, 6.45) is 0. The molecule has 4 heavy (non-hydrogen) atoms. The van der Waals surface area contributed by atoms with E-state index in [1.807, 2.05) is 0 Å². The van der Waals surface area contributed by atoms with E-state index in [0.29, 0.717) is 0 Å². The number of rotatable bonds is 0. The van der Waals surface area contributed by atoms with Crippen LogP contribution in [-0.2, 0) is 36.9 Å². The van der Waals surface area contributed by atoms with Gasteiger partial charge in [0.25, 0.3) is 0 Å². The van der Waals surface area contributed by atoms with Gasteiger partial charge >= 0.3 is 0 Å². The molecule has 4 heteroatoms. The van der Waals surface area contributed by atoms with E-state index >= 15 is 0 Å². The van der Waals surface area contributed by atoms with Crippen molar-refractivity contribution < 1.29 is 36.9 Å². The molecular weight excluding hydrogens is 287 g/mol. The van der Waals surface area contributed by atoms with E-state index in [1.165, 1.54) is 0 Å². The topological polar surface area (TPSA) is 0 Å². The fourth-order valence-electron chi connectivity index (χ4n) is 0. The van der Waals surface area contributed by atoms with Gasteiger partial charge in [-0.25, -0.2) is 0 Å². The van der Waals surface area contributed by atoms with Gasteiger partial charge in [0.1, 0.15) is 0 Å². The Morgan fingerprint density at radius 2 is 1.00 bits per heavy atom. The number of hydrogen-bond donors (Lipinski definition) is 0. The average Bonchev–Trinajstić information content (AvgIpc) is 0. The second-order valence-electron chi connectivity index (χ2n) is 0. The van der Waals surface area contributed by atoms with Crippen molar-refractivity contribution in [3.8, 4) is 0 Å².